The number of aryl methyl sites for hydroxylation is 1. The van der Waals surface area contributed by atoms with Crippen molar-refractivity contribution in [1.29, 1.82) is 0 Å². The third-order valence-corrected chi connectivity index (χ3v) is 6.22. The number of hydrogen-bond donors (Lipinski definition) is 1. The van der Waals surface area contributed by atoms with Gasteiger partial charge in [-0.25, -0.2) is 4.79 Å². The molecule has 27 heavy (non-hydrogen) atoms. The highest BCUT2D eigenvalue weighted by Gasteiger charge is 2.62. The molecule has 0 saturated carbocycles. The number of esters is 1. The standard InChI is InChI=1S/C21H19NO4S/c1-3-26-18(23)12-16-19-21(25,15-11-13(2)9-10-17(15)27-19)20(24)22(16)14-7-5-4-6-8-14/h4-12,19,25H,3H2,1-2H3/b16-12+/t19-,21+/m1/s1. The zero-order chi connectivity index (χ0) is 19.2. The van der Waals surface area contributed by atoms with E-state index in [-0.39, 0.29) is 6.61 Å². The lowest BCUT2D eigenvalue weighted by molar-refractivity contribution is -0.137. The van der Waals surface area contributed by atoms with Crippen LogP contribution in [-0.4, -0.2) is 28.8 Å². The Kier molecular flexibility index (Phi) is 4.32. The minimum Gasteiger partial charge on any atom is -0.463 e. The van der Waals surface area contributed by atoms with Crippen molar-refractivity contribution < 1.29 is 19.4 Å². The first-order valence-electron chi connectivity index (χ1n) is 8.75. The topological polar surface area (TPSA) is 66.8 Å². The number of carbonyl (C=O) groups is 2. The van der Waals surface area contributed by atoms with Crippen LogP contribution in [0.2, 0.25) is 0 Å². The number of aliphatic hydroxyl groups is 1. The summed E-state index contributed by atoms with van der Waals surface area (Å²) in [6.07, 6.45) is 1.32. The van der Waals surface area contributed by atoms with Gasteiger partial charge in [-0.15, -0.1) is 11.8 Å². The number of nitrogens with zero attached hydrogens (tertiary/aromatic N) is 1. The molecule has 0 radical (unpaired) electrons. The number of rotatable bonds is 3. The largest absolute Gasteiger partial charge is 0.463 e. The van der Waals surface area contributed by atoms with E-state index >= 15 is 0 Å². The Hall–Kier alpha value is -2.57. The van der Waals surface area contributed by atoms with Crippen LogP contribution in [-0.2, 0) is 19.9 Å². The molecule has 1 amide bonds. The van der Waals surface area contributed by atoms with Crippen molar-refractivity contribution in [3.8, 4) is 0 Å². The number of hydrogen-bond acceptors (Lipinski definition) is 5. The van der Waals surface area contributed by atoms with Crippen molar-refractivity contribution in [3.05, 3.63) is 71.4 Å². The molecule has 4 rings (SSSR count). The summed E-state index contributed by atoms with van der Waals surface area (Å²) in [5, 5.41) is 10.9. The second kappa shape index (κ2) is 6.55. The average molecular weight is 381 g/mol. The molecule has 0 aliphatic carbocycles. The molecule has 2 aliphatic rings. The molecular weight excluding hydrogens is 362 g/mol. The zero-order valence-electron chi connectivity index (χ0n) is 15.0. The van der Waals surface area contributed by atoms with Gasteiger partial charge in [-0.05, 0) is 32.0 Å². The average Bonchev–Trinajstić information content (AvgIpc) is 3.05. The van der Waals surface area contributed by atoms with Gasteiger partial charge in [0.05, 0.1) is 17.6 Å². The summed E-state index contributed by atoms with van der Waals surface area (Å²) in [7, 11) is 0. The van der Waals surface area contributed by atoms with Crippen LogP contribution < -0.4 is 4.90 Å². The molecule has 138 valence electrons. The van der Waals surface area contributed by atoms with E-state index in [1.54, 1.807) is 19.1 Å². The molecule has 0 spiro atoms. The van der Waals surface area contributed by atoms with Crippen LogP contribution in [0.25, 0.3) is 0 Å². The smallest absolute Gasteiger partial charge is 0.332 e. The molecule has 2 aliphatic heterocycles. The van der Waals surface area contributed by atoms with E-state index < -0.39 is 22.7 Å². The van der Waals surface area contributed by atoms with E-state index in [1.165, 1.54) is 22.7 Å². The van der Waals surface area contributed by atoms with Gasteiger partial charge in [-0.3, -0.25) is 9.69 Å². The lowest BCUT2D eigenvalue weighted by atomic mass is 9.90. The number of anilines is 1. The molecule has 2 heterocycles. The fourth-order valence-electron chi connectivity index (χ4n) is 3.59. The highest BCUT2D eigenvalue weighted by atomic mass is 32.2. The minimum absolute atomic E-state index is 0.239. The summed E-state index contributed by atoms with van der Waals surface area (Å²) in [6, 6.07) is 14.7. The molecular formula is C21H19NO4S. The maximum atomic E-state index is 13.4. The highest BCUT2D eigenvalue weighted by molar-refractivity contribution is 8.00. The van der Waals surface area contributed by atoms with E-state index in [9.17, 15) is 14.7 Å². The number of ether oxygens (including phenoxy) is 1. The Morgan fingerprint density at radius 2 is 2.04 bits per heavy atom. The Labute approximate surface area is 161 Å². The number of carbonyl (C=O) groups excluding carboxylic acids is 2. The van der Waals surface area contributed by atoms with E-state index in [2.05, 4.69) is 0 Å². The van der Waals surface area contributed by atoms with Gasteiger partial charge in [-0.1, -0.05) is 35.9 Å². The fraction of sp³-hybridized carbons (Fsp3) is 0.238. The fourth-order valence-corrected chi connectivity index (χ4v) is 5.03. The van der Waals surface area contributed by atoms with E-state index in [4.69, 9.17) is 4.74 Å². The van der Waals surface area contributed by atoms with Crippen molar-refractivity contribution in [2.75, 3.05) is 11.5 Å². The van der Waals surface area contributed by atoms with Crippen LogP contribution in [0.5, 0.6) is 0 Å². The third kappa shape index (κ3) is 2.67. The van der Waals surface area contributed by atoms with E-state index in [1.807, 2.05) is 43.3 Å². The molecule has 1 saturated heterocycles. The lowest BCUT2D eigenvalue weighted by Crippen LogP contribution is -2.39. The van der Waals surface area contributed by atoms with Crippen LogP contribution in [0.15, 0.2) is 65.2 Å². The van der Waals surface area contributed by atoms with Crippen molar-refractivity contribution in [1.82, 2.24) is 0 Å². The van der Waals surface area contributed by atoms with Crippen molar-refractivity contribution in [2.45, 2.75) is 29.6 Å². The van der Waals surface area contributed by atoms with Crippen LogP contribution in [0, 0.1) is 6.92 Å². The molecule has 1 fully saturated rings. The summed E-state index contributed by atoms with van der Waals surface area (Å²) in [5.74, 6) is -0.982. The van der Waals surface area contributed by atoms with E-state index in [0.717, 1.165) is 10.5 Å². The Morgan fingerprint density at radius 3 is 2.74 bits per heavy atom. The molecule has 1 N–H and O–H groups in total. The van der Waals surface area contributed by atoms with Gasteiger partial charge in [0.25, 0.3) is 5.91 Å². The highest BCUT2D eigenvalue weighted by Crippen LogP contribution is 2.57. The van der Waals surface area contributed by atoms with Crippen LogP contribution >= 0.6 is 11.8 Å². The van der Waals surface area contributed by atoms with Gasteiger partial charge in [0, 0.05) is 22.2 Å². The molecule has 2 atom stereocenters. The molecule has 0 unspecified atom stereocenters. The van der Waals surface area contributed by atoms with Crippen LogP contribution in [0.4, 0.5) is 5.69 Å². The summed E-state index contributed by atoms with van der Waals surface area (Å²) < 4.78 is 5.06. The van der Waals surface area contributed by atoms with Crippen molar-refractivity contribution in [2.24, 2.45) is 0 Å². The maximum absolute atomic E-state index is 13.4. The predicted octanol–water partition coefficient (Wildman–Crippen LogP) is 3.15. The predicted molar refractivity (Wildman–Crippen MR) is 103 cm³/mol. The third-order valence-electron chi connectivity index (χ3n) is 4.79. The number of thioether (sulfide) groups is 1. The molecule has 5 nitrogen and oxygen atoms in total. The Bertz CT molecular complexity index is 956. The monoisotopic (exact) mass is 381 g/mol. The summed E-state index contributed by atoms with van der Waals surface area (Å²) in [6.45, 7) is 3.89. The maximum Gasteiger partial charge on any atom is 0.332 e. The Balaban J connectivity index is 1.89. The summed E-state index contributed by atoms with van der Waals surface area (Å²) in [5.41, 5.74) is 0.892. The zero-order valence-corrected chi connectivity index (χ0v) is 15.8. The number of para-hydroxylation sites is 1. The van der Waals surface area contributed by atoms with Gasteiger partial charge < -0.3 is 9.84 Å². The van der Waals surface area contributed by atoms with Crippen molar-refractivity contribution >= 4 is 29.3 Å². The lowest BCUT2D eigenvalue weighted by Gasteiger charge is -2.22. The number of fused-ring (bicyclic) bond motifs is 3. The quantitative estimate of drug-likeness (QED) is 0.654. The molecule has 2 aromatic carbocycles. The minimum atomic E-state index is -1.71. The normalized spacial score (nSPS) is 24.9. The number of amides is 1. The second-order valence-corrected chi connectivity index (χ2v) is 7.71. The molecule has 6 heteroatoms. The molecule has 2 aromatic rings. The second-order valence-electron chi connectivity index (χ2n) is 6.56. The van der Waals surface area contributed by atoms with Gasteiger partial charge >= 0.3 is 5.97 Å². The molecule has 0 bridgehead atoms. The Morgan fingerprint density at radius 1 is 1.30 bits per heavy atom. The van der Waals surface area contributed by atoms with Crippen molar-refractivity contribution in [3.63, 3.8) is 0 Å². The molecule has 0 aromatic heterocycles. The van der Waals surface area contributed by atoms with E-state index in [0.29, 0.717) is 16.9 Å². The van der Waals surface area contributed by atoms with Gasteiger partial charge in [0.15, 0.2) is 5.60 Å². The van der Waals surface area contributed by atoms with Gasteiger partial charge in [0.1, 0.15) is 0 Å². The first-order valence-corrected chi connectivity index (χ1v) is 9.63. The summed E-state index contributed by atoms with van der Waals surface area (Å²) >= 11 is 1.40. The first-order chi connectivity index (χ1) is 13.0. The first kappa shape index (κ1) is 17.8. The SMILES string of the molecule is CCOC(=O)/C=C1\[C@H]2Sc3ccc(C)cc3[C@@]2(O)C(=O)N1c1ccccc1. The van der Waals surface area contributed by atoms with Gasteiger partial charge in [0.2, 0.25) is 0 Å². The number of benzene rings is 2. The van der Waals surface area contributed by atoms with Gasteiger partial charge in [-0.2, -0.15) is 0 Å². The van der Waals surface area contributed by atoms with Crippen LogP contribution in [0.1, 0.15) is 18.1 Å². The summed E-state index contributed by atoms with van der Waals surface area (Å²) in [4.78, 5) is 27.9. The van der Waals surface area contributed by atoms with Crippen LogP contribution in [0.3, 0.4) is 0 Å².